The number of carbonyl (C=O) groups is 1. The number of methoxy groups -OCH3 is 1. The largest absolute Gasteiger partial charge is 0.480 e. The number of aromatic nitrogens is 1. The second-order valence-corrected chi connectivity index (χ2v) is 3.36. The molecule has 6 heteroatoms. The van der Waals surface area contributed by atoms with Crippen LogP contribution in [0.2, 0.25) is 0 Å². The van der Waals surface area contributed by atoms with Crippen molar-refractivity contribution in [3.8, 4) is 0 Å². The monoisotopic (exact) mass is 202 g/mol. The van der Waals surface area contributed by atoms with E-state index in [2.05, 4.69) is 4.98 Å². The van der Waals surface area contributed by atoms with Crippen molar-refractivity contribution < 1.29 is 14.6 Å². The van der Waals surface area contributed by atoms with Gasteiger partial charge in [-0.3, -0.25) is 4.79 Å². The average molecular weight is 202 g/mol. The minimum Gasteiger partial charge on any atom is -0.480 e. The molecule has 0 aliphatic heterocycles. The van der Waals surface area contributed by atoms with Gasteiger partial charge in [0.25, 0.3) is 0 Å². The summed E-state index contributed by atoms with van der Waals surface area (Å²) in [5, 5.41) is 10.9. The zero-order chi connectivity index (χ0) is 9.84. The van der Waals surface area contributed by atoms with E-state index in [1.807, 2.05) is 0 Å². The van der Waals surface area contributed by atoms with Crippen molar-refractivity contribution in [2.24, 2.45) is 5.73 Å². The Morgan fingerprint density at radius 2 is 2.62 bits per heavy atom. The van der Waals surface area contributed by atoms with Crippen LogP contribution in [0.4, 0.5) is 0 Å². The van der Waals surface area contributed by atoms with Crippen LogP contribution in [0.5, 0.6) is 0 Å². The van der Waals surface area contributed by atoms with E-state index in [1.165, 1.54) is 11.3 Å². The van der Waals surface area contributed by atoms with Gasteiger partial charge in [-0.25, -0.2) is 4.98 Å². The van der Waals surface area contributed by atoms with Gasteiger partial charge in [-0.1, -0.05) is 0 Å². The summed E-state index contributed by atoms with van der Waals surface area (Å²) in [6.07, 6.45) is 0. The molecule has 0 aromatic carbocycles. The third-order valence-electron chi connectivity index (χ3n) is 1.42. The predicted molar refractivity (Wildman–Crippen MR) is 47.4 cm³/mol. The van der Waals surface area contributed by atoms with Crippen molar-refractivity contribution in [3.63, 3.8) is 0 Å². The van der Waals surface area contributed by atoms with Gasteiger partial charge in [-0.15, -0.1) is 11.3 Å². The molecule has 1 unspecified atom stereocenters. The van der Waals surface area contributed by atoms with Crippen molar-refractivity contribution >= 4 is 17.3 Å². The number of carboxylic acids is 1. The van der Waals surface area contributed by atoms with E-state index < -0.39 is 12.0 Å². The Kier molecular flexibility index (Phi) is 3.35. The molecule has 1 aromatic rings. The molecule has 0 saturated heterocycles. The van der Waals surface area contributed by atoms with Gasteiger partial charge in [0.15, 0.2) is 0 Å². The molecule has 0 amide bonds. The lowest BCUT2D eigenvalue weighted by molar-refractivity contribution is -0.138. The number of carboxylic acid groups (broad SMARTS) is 1. The van der Waals surface area contributed by atoms with Gasteiger partial charge in [0.05, 0.1) is 12.3 Å². The molecule has 3 N–H and O–H groups in total. The summed E-state index contributed by atoms with van der Waals surface area (Å²) in [7, 11) is 1.55. The maximum Gasteiger partial charge on any atom is 0.326 e. The van der Waals surface area contributed by atoms with E-state index in [1.54, 1.807) is 12.5 Å². The van der Waals surface area contributed by atoms with Gasteiger partial charge in [0.1, 0.15) is 11.0 Å². The average Bonchev–Trinajstić information content (AvgIpc) is 2.52. The van der Waals surface area contributed by atoms with Crippen LogP contribution in [0.15, 0.2) is 5.38 Å². The first-order valence-corrected chi connectivity index (χ1v) is 4.44. The smallest absolute Gasteiger partial charge is 0.326 e. The highest BCUT2D eigenvalue weighted by atomic mass is 32.1. The Hall–Kier alpha value is -0.980. The number of thiazole rings is 1. The zero-order valence-corrected chi connectivity index (χ0v) is 7.87. The van der Waals surface area contributed by atoms with Crippen LogP contribution in [0.3, 0.4) is 0 Å². The molecule has 0 aliphatic carbocycles. The van der Waals surface area contributed by atoms with Crippen molar-refractivity contribution in [1.82, 2.24) is 4.98 Å². The van der Waals surface area contributed by atoms with Crippen molar-refractivity contribution in [2.45, 2.75) is 12.6 Å². The standard InChI is InChI=1S/C7H10N2O3S/c1-12-2-5-9-4(3-13-5)6(8)7(10)11/h3,6H,2,8H2,1H3,(H,10,11). The summed E-state index contributed by atoms with van der Waals surface area (Å²) in [5.74, 6) is -1.07. The summed E-state index contributed by atoms with van der Waals surface area (Å²) in [5.41, 5.74) is 5.73. The molecule has 0 spiro atoms. The van der Waals surface area contributed by atoms with Crippen LogP contribution >= 0.6 is 11.3 Å². The molecule has 72 valence electrons. The summed E-state index contributed by atoms with van der Waals surface area (Å²) in [4.78, 5) is 14.5. The Morgan fingerprint density at radius 3 is 3.15 bits per heavy atom. The molecule has 0 fully saturated rings. The number of nitrogens with two attached hydrogens (primary N) is 1. The number of rotatable bonds is 4. The first kappa shape index (κ1) is 10.1. The summed E-state index contributed by atoms with van der Waals surface area (Å²) in [6, 6.07) is -1.04. The zero-order valence-electron chi connectivity index (χ0n) is 7.06. The Morgan fingerprint density at radius 1 is 1.92 bits per heavy atom. The van der Waals surface area contributed by atoms with Gasteiger partial charge in [0.2, 0.25) is 0 Å². The molecular formula is C7H10N2O3S. The second kappa shape index (κ2) is 4.31. The minimum atomic E-state index is -1.07. The molecule has 0 aliphatic rings. The Balaban J connectivity index is 2.73. The van der Waals surface area contributed by atoms with Crippen molar-refractivity contribution in [3.05, 3.63) is 16.1 Å². The summed E-state index contributed by atoms with van der Waals surface area (Å²) in [6.45, 7) is 0.386. The van der Waals surface area contributed by atoms with Crippen LogP contribution in [0, 0.1) is 0 Å². The second-order valence-electron chi connectivity index (χ2n) is 2.42. The lowest BCUT2D eigenvalue weighted by atomic mass is 10.2. The van der Waals surface area contributed by atoms with E-state index in [-0.39, 0.29) is 0 Å². The number of nitrogens with zero attached hydrogens (tertiary/aromatic N) is 1. The predicted octanol–water partition coefficient (Wildman–Crippen LogP) is 0.374. The topological polar surface area (TPSA) is 85.4 Å². The van der Waals surface area contributed by atoms with E-state index >= 15 is 0 Å². The minimum absolute atomic E-state index is 0.379. The molecule has 13 heavy (non-hydrogen) atoms. The molecule has 1 atom stereocenters. The first-order valence-electron chi connectivity index (χ1n) is 3.56. The molecule has 0 saturated carbocycles. The number of aliphatic carboxylic acids is 1. The van der Waals surface area contributed by atoms with Crippen molar-refractivity contribution in [1.29, 1.82) is 0 Å². The highest BCUT2D eigenvalue weighted by Crippen LogP contribution is 2.15. The normalized spacial score (nSPS) is 12.8. The molecule has 1 rings (SSSR count). The third kappa shape index (κ3) is 2.48. The first-order chi connectivity index (χ1) is 6.15. The van der Waals surface area contributed by atoms with Gasteiger partial charge < -0.3 is 15.6 Å². The fourth-order valence-electron chi connectivity index (χ4n) is 0.784. The molecule has 1 aromatic heterocycles. The third-order valence-corrected chi connectivity index (χ3v) is 2.26. The fraction of sp³-hybridized carbons (Fsp3) is 0.429. The lowest BCUT2D eigenvalue weighted by Gasteiger charge is -2.00. The number of hydrogen-bond donors (Lipinski definition) is 2. The van der Waals surface area contributed by atoms with E-state index in [0.29, 0.717) is 12.3 Å². The molecule has 5 nitrogen and oxygen atoms in total. The maximum atomic E-state index is 10.5. The van der Waals surface area contributed by atoms with Gasteiger partial charge in [-0.2, -0.15) is 0 Å². The van der Waals surface area contributed by atoms with Crippen LogP contribution in [0.25, 0.3) is 0 Å². The molecule has 0 radical (unpaired) electrons. The molecular weight excluding hydrogens is 192 g/mol. The number of hydrogen-bond acceptors (Lipinski definition) is 5. The van der Waals surface area contributed by atoms with Crippen molar-refractivity contribution in [2.75, 3.05) is 7.11 Å². The highest BCUT2D eigenvalue weighted by Gasteiger charge is 2.17. The Bertz CT molecular complexity index is 300. The van der Waals surface area contributed by atoms with E-state index in [0.717, 1.165) is 5.01 Å². The van der Waals surface area contributed by atoms with Crippen LogP contribution < -0.4 is 5.73 Å². The van der Waals surface area contributed by atoms with Crippen LogP contribution in [0.1, 0.15) is 16.7 Å². The number of ether oxygens (including phenoxy) is 1. The van der Waals surface area contributed by atoms with Crippen LogP contribution in [-0.2, 0) is 16.1 Å². The van der Waals surface area contributed by atoms with Crippen LogP contribution in [-0.4, -0.2) is 23.2 Å². The summed E-state index contributed by atoms with van der Waals surface area (Å²) >= 11 is 1.34. The van der Waals surface area contributed by atoms with E-state index in [4.69, 9.17) is 15.6 Å². The highest BCUT2D eigenvalue weighted by molar-refractivity contribution is 7.09. The lowest BCUT2D eigenvalue weighted by Crippen LogP contribution is -2.20. The quantitative estimate of drug-likeness (QED) is 0.737. The fourth-order valence-corrected chi connectivity index (χ4v) is 1.58. The van der Waals surface area contributed by atoms with Gasteiger partial charge in [0, 0.05) is 12.5 Å². The molecule has 1 heterocycles. The van der Waals surface area contributed by atoms with Gasteiger partial charge in [-0.05, 0) is 0 Å². The molecule has 0 bridgehead atoms. The van der Waals surface area contributed by atoms with Gasteiger partial charge >= 0.3 is 5.97 Å². The Labute approximate surface area is 79.2 Å². The SMILES string of the molecule is COCc1nc(C(N)C(=O)O)cs1. The van der Waals surface area contributed by atoms with E-state index in [9.17, 15) is 4.79 Å². The maximum absolute atomic E-state index is 10.5. The summed E-state index contributed by atoms with van der Waals surface area (Å²) < 4.78 is 4.84.